The van der Waals surface area contributed by atoms with Crippen LogP contribution in [0.4, 0.5) is 21.3 Å². The van der Waals surface area contributed by atoms with Gasteiger partial charge in [0, 0.05) is 27.8 Å². The standard InChI is InChI=1S/C18H13ClN4O4S/c19-10-1-3-11(4-2-10)21-17(25)23-18-22-13(8-28-18)16(24)20-12-5-6-14-15(7-12)27-9-26-14/h1-8H,9H2,(H,20,24)(H2,21,22,23,25). The van der Waals surface area contributed by atoms with Crippen molar-refractivity contribution in [2.24, 2.45) is 0 Å². The number of aromatic nitrogens is 1. The maximum atomic E-state index is 12.4. The van der Waals surface area contributed by atoms with Gasteiger partial charge in [-0.25, -0.2) is 9.78 Å². The smallest absolute Gasteiger partial charge is 0.325 e. The molecule has 0 fully saturated rings. The van der Waals surface area contributed by atoms with E-state index in [1.807, 2.05) is 0 Å². The minimum Gasteiger partial charge on any atom is -0.454 e. The zero-order valence-corrected chi connectivity index (χ0v) is 15.8. The molecule has 0 aliphatic carbocycles. The molecule has 1 aromatic heterocycles. The third kappa shape index (κ3) is 4.16. The van der Waals surface area contributed by atoms with Crippen LogP contribution in [0.1, 0.15) is 10.5 Å². The normalized spacial score (nSPS) is 11.8. The maximum Gasteiger partial charge on any atom is 0.325 e. The van der Waals surface area contributed by atoms with Gasteiger partial charge in [0.05, 0.1) is 0 Å². The summed E-state index contributed by atoms with van der Waals surface area (Å²) >= 11 is 6.95. The average Bonchev–Trinajstić information content (AvgIpc) is 3.32. The molecule has 0 spiro atoms. The number of anilines is 3. The second-order valence-electron chi connectivity index (χ2n) is 5.65. The van der Waals surface area contributed by atoms with E-state index in [0.29, 0.717) is 33.0 Å². The summed E-state index contributed by atoms with van der Waals surface area (Å²) in [6, 6.07) is 11.3. The third-order valence-corrected chi connectivity index (χ3v) is 4.70. The maximum absolute atomic E-state index is 12.4. The van der Waals surface area contributed by atoms with Crippen LogP contribution in [-0.4, -0.2) is 23.7 Å². The molecule has 8 nitrogen and oxygen atoms in total. The van der Waals surface area contributed by atoms with Gasteiger partial charge in [-0.2, -0.15) is 0 Å². The average molecular weight is 417 g/mol. The predicted octanol–water partition coefficient (Wildman–Crippen LogP) is 4.42. The van der Waals surface area contributed by atoms with Gasteiger partial charge in [-0.05, 0) is 36.4 Å². The summed E-state index contributed by atoms with van der Waals surface area (Å²) in [6.07, 6.45) is 0. The Morgan fingerprint density at radius 3 is 2.54 bits per heavy atom. The number of nitrogens with zero attached hydrogens (tertiary/aromatic N) is 1. The monoisotopic (exact) mass is 416 g/mol. The molecule has 1 aliphatic heterocycles. The van der Waals surface area contributed by atoms with Crippen LogP contribution in [0.25, 0.3) is 0 Å². The summed E-state index contributed by atoms with van der Waals surface area (Å²) < 4.78 is 10.5. The highest BCUT2D eigenvalue weighted by Crippen LogP contribution is 2.34. The summed E-state index contributed by atoms with van der Waals surface area (Å²) in [6.45, 7) is 0.159. The molecule has 3 amide bonds. The van der Waals surface area contributed by atoms with E-state index in [1.54, 1.807) is 47.8 Å². The van der Waals surface area contributed by atoms with E-state index in [1.165, 1.54) is 0 Å². The molecule has 0 atom stereocenters. The molecule has 142 valence electrons. The minimum atomic E-state index is -0.473. The van der Waals surface area contributed by atoms with E-state index in [2.05, 4.69) is 20.9 Å². The van der Waals surface area contributed by atoms with E-state index in [9.17, 15) is 9.59 Å². The van der Waals surface area contributed by atoms with Gasteiger partial charge in [0.2, 0.25) is 6.79 Å². The molecular weight excluding hydrogens is 404 g/mol. The van der Waals surface area contributed by atoms with Crippen molar-refractivity contribution in [1.29, 1.82) is 0 Å². The summed E-state index contributed by atoms with van der Waals surface area (Å²) in [5.74, 6) is 0.795. The molecule has 1 aliphatic rings. The van der Waals surface area contributed by atoms with Gasteiger partial charge < -0.3 is 20.1 Å². The van der Waals surface area contributed by atoms with E-state index in [-0.39, 0.29) is 12.5 Å². The van der Waals surface area contributed by atoms with Gasteiger partial charge in [-0.3, -0.25) is 10.1 Å². The van der Waals surface area contributed by atoms with E-state index < -0.39 is 11.9 Å². The number of nitrogens with one attached hydrogen (secondary N) is 3. The molecule has 0 bridgehead atoms. The Kier molecular flexibility index (Phi) is 5.00. The number of hydrogen-bond donors (Lipinski definition) is 3. The van der Waals surface area contributed by atoms with Crippen molar-refractivity contribution in [3.63, 3.8) is 0 Å². The summed E-state index contributed by atoms with van der Waals surface area (Å²) in [5.41, 5.74) is 1.32. The molecule has 3 N–H and O–H groups in total. The van der Waals surface area contributed by atoms with Crippen molar-refractivity contribution < 1.29 is 19.1 Å². The van der Waals surface area contributed by atoms with Gasteiger partial charge in [0.15, 0.2) is 16.6 Å². The molecule has 0 radical (unpaired) electrons. The van der Waals surface area contributed by atoms with Gasteiger partial charge in [0.1, 0.15) is 5.69 Å². The second kappa shape index (κ2) is 7.75. The summed E-state index contributed by atoms with van der Waals surface area (Å²) in [7, 11) is 0. The number of rotatable bonds is 4. The highest BCUT2D eigenvalue weighted by molar-refractivity contribution is 7.14. The van der Waals surface area contributed by atoms with Crippen LogP contribution in [0, 0.1) is 0 Å². The molecule has 10 heteroatoms. The van der Waals surface area contributed by atoms with Gasteiger partial charge in [-0.1, -0.05) is 11.6 Å². The van der Waals surface area contributed by atoms with Crippen molar-refractivity contribution in [2.45, 2.75) is 0 Å². The fourth-order valence-corrected chi connectivity index (χ4v) is 3.21. The van der Waals surface area contributed by atoms with Crippen LogP contribution in [0.3, 0.4) is 0 Å². The molecule has 0 unspecified atom stereocenters. The minimum absolute atomic E-state index is 0.159. The molecular formula is C18H13ClN4O4S. The van der Waals surface area contributed by atoms with Crippen molar-refractivity contribution in [1.82, 2.24) is 4.98 Å². The summed E-state index contributed by atoms with van der Waals surface area (Å²) in [4.78, 5) is 28.5. The van der Waals surface area contributed by atoms with Gasteiger partial charge >= 0.3 is 6.03 Å². The van der Waals surface area contributed by atoms with Crippen LogP contribution in [0.15, 0.2) is 47.8 Å². The molecule has 3 aromatic rings. The third-order valence-electron chi connectivity index (χ3n) is 3.69. The Morgan fingerprint density at radius 2 is 1.71 bits per heavy atom. The number of amides is 3. The first-order valence-corrected chi connectivity index (χ1v) is 9.33. The van der Waals surface area contributed by atoms with Gasteiger partial charge in [0.25, 0.3) is 5.91 Å². The number of fused-ring (bicyclic) bond motifs is 1. The Morgan fingerprint density at radius 1 is 0.964 bits per heavy atom. The molecule has 28 heavy (non-hydrogen) atoms. The number of urea groups is 1. The first-order valence-electron chi connectivity index (χ1n) is 8.07. The van der Waals surface area contributed by atoms with Crippen molar-refractivity contribution >= 4 is 51.4 Å². The lowest BCUT2D eigenvalue weighted by atomic mass is 10.2. The quantitative estimate of drug-likeness (QED) is 0.584. The lowest BCUT2D eigenvalue weighted by Crippen LogP contribution is -2.19. The zero-order chi connectivity index (χ0) is 19.5. The first-order chi connectivity index (χ1) is 13.6. The van der Waals surface area contributed by atoms with Crippen molar-refractivity contribution in [2.75, 3.05) is 22.7 Å². The number of carbonyl (C=O) groups is 2. The highest BCUT2D eigenvalue weighted by atomic mass is 35.5. The molecule has 2 heterocycles. The summed E-state index contributed by atoms with van der Waals surface area (Å²) in [5, 5.41) is 10.4. The molecule has 0 saturated carbocycles. The fourth-order valence-electron chi connectivity index (χ4n) is 2.40. The Bertz CT molecular complexity index is 1040. The largest absolute Gasteiger partial charge is 0.454 e. The second-order valence-corrected chi connectivity index (χ2v) is 6.94. The van der Waals surface area contributed by atoms with E-state index in [4.69, 9.17) is 21.1 Å². The SMILES string of the molecule is O=C(Nc1ccc(Cl)cc1)Nc1nc(C(=O)Nc2ccc3c(c2)OCO3)cs1. The molecule has 0 saturated heterocycles. The van der Waals surface area contributed by atoms with Crippen LogP contribution >= 0.6 is 22.9 Å². The lowest BCUT2D eigenvalue weighted by Gasteiger charge is -2.05. The highest BCUT2D eigenvalue weighted by Gasteiger charge is 2.16. The van der Waals surface area contributed by atoms with E-state index in [0.717, 1.165) is 11.3 Å². The van der Waals surface area contributed by atoms with Crippen molar-refractivity contribution in [3.8, 4) is 11.5 Å². The zero-order valence-electron chi connectivity index (χ0n) is 14.2. The number of halogens is 1. The topological polar surface area (TPSA) is 102 Å². The number of carbonyl (C=O) groups excluding carboxylic acids is 2. The fraction of sp³-hybridized carbons (Fsp3) is 0.0556. The predicted molar refractivity (Wildman–Crippen MR) is 107 cm³/mol. The number of thiazole rings is 1. The lowest BCUT2D eigenvalue weighted by molar-refractivity contribution is 0.102. The molecule has 2 aromatic carbocycles. The first kappa shape index (κ1) is 18.1. The van der Waals surface area contributed by atoms with Crippen LogP contribution < -0.4 is 25.4 Å². The Labute approximate surface area is 168 Å². The van der Waals surface area contributed by atoms with Crippen LogP contribution in [0.5, 0.6) is 11.5 Å². The van der Waals surface area contributed by atoms with Crippen molar-refractivity contribution in [3.05, 3.63) is 58.6 Å². The van der Waals surface area contributed by atoms with Gasteiger partial charge in [-0.15, -0.1) is 11.3 Å². The van der Waals surface area contributed by atoms with Crippen LogP contribution in [0.2, 0.25) is 5.02 Å². The Hall–Kier alpha value is -3.30. The number of benzene rings is 2. The number of hydrogen-bond acceptors (Lipinski definition) is 6. The van der Waals surface area contributed by atoms with Crippen LogP contribution in [-0.2, 0) is 0 Å². The molecule has 4 rings (SSSR count). The Balaban J connectivity index is 1.36. The van der Waals surface area contributed by atoms with E-state index >= 15 is 0 Å². The number of ether oxygens (including phenoxy) is 2.